The van der Waals surface area contributed by atoms with Gasteiger partial charge in [-0.25, -0.2) is 0 Å². The van der Waals surface area contributed by atoms with Crippen molar-refractivity contribution in [2.75, 3.05) is 0 Å². The summed E-state index contributed by atoms with van der Waals surface area (Å²) in [5, 5.41) is 0. The van der Waals surface area contributed by atoms with Crippen molar-refractivity contribution in [3.05, 3.63) is 35.4 Å². The van der Waals surface area contributed by atoms with Crippen molar-refractivity contribution in [1.29, 1.82) is 0 Å². The van der Waals surface area contributed by atoms with Gasteiger partial charge in [0.25, 0.3) is 0 Å². The molecule has 3 saturated carbocycles. The van der Waals surface area contributed by atoms with Gasteiger partial charge >= 0.3 is 0 Å². The SMILES string of the molecule is NC(c1ccccc1C1CCC1)C1CC2CC2C1. The molecule has 0 heterocycles. The van der Waals surface area contributed by atoms with Crippen LogP contribution >= 0.6 is 0 Å². The number of fused-ring (bicyclic) bond motifs is 1. The van der Waals surface area contributed by atoms with Gasteiger partial charge in [0.2, 0.25) is 0 Å². The highest BCUT2D eigenvalue weighted by Crippen LogP contribution is 2.57. The zero-order valence-electron chi connectivity index (χ0n) is 11.0. The van der Waals surface area contributed by atoms with Crippen LogP contribution in [0.4, 0.5) is 0 Å². The summed E-state index contributed by atoms with van der Waals surface area (Å²) >= 11 is 0. The predicted molar refractivity (Wildman–Crippen MR) is 74.3 cm³/mol. The summed E-state index contributed by atoms with van der Waals surface area (Å²) in [6.45, 7) is 0. The van der Waals surface area contributed by atoms with Crippen molar-refractivity contribution < 1.29 is 0 Å². The highest BCUT2D eigenvalue weighted by Gasteiger charge is 2.47. The summed E-state index contributed by atoms with van der Waals surface area (Å²) in [5.74, 6) is 3.65. The first-order chi connectivity index (χ1) is 8.83. The van der Waals surface area contributed by atoms with Gasteiger partial charge in [0, 0.05) is 6.04 Å². The Balaban J connectivity index is 1.58. The number of hydrogen-bond acceptors (Lipinski definition) is 1. The van der Waals surface area contributed by atoms with Gasteiger partial charge in [0.15, 0.2) is 0 Å². The molecule has 1 aromatic rings. The van der Waals surface area contributed by atoms with E-state index >= 15 is 0 Å². The minimum Gasteiger partial charge on any atom is -0.324 e. The van der Waals surface area contributed by atoms with Crippen LogP contribution < -0.4 is 5.73 Å². The fourth-order valence-corrected chi connectivity index (χ4v) is 4.21. The topological polar surface area (TPSA) is 26.0 Å². The van der Waals surface area contributed by atoms with E-state index in [-0.39, 0.29) is 0 Å². The standard InChI is InChI=1S/C17H23N/c18-17(14-9-12-8-13(12)10-14)16-7-2-1-6-15(16)11-4-3-5-11/h1-2,6-7,11-14,17H,3-5,8-10,18H2. The Morgan fingerprint density at radius 3 is 2.39 bits per heavy atom. The van der Waals surface area contributed by atoms with Crippen molar-refractivity contribution in [3.63, 3.8) is 0 Å². The lowest BCUT2D eigenvalue weighted by Crippen LogP contribution is -2.23. The van der Waals surface area contributed by atoms with Crippen LogP contribution in [0.1, 0.15) is 61.6 Å². The fourth-order valence-electron chi connectivity index (χ4n) is 4.21. The maximum atomic E-state index is 6.60. The molecule has 3 unspecified atom stereocenters. The first kappa shape index (κ1) is 11.0. The van der Waals surface area contributed by atoms with E-state index in [0.29, 0.717) is 6.04 Å². The number of rotatable bonds is 3. The molecule has 1 heteroatoms. The third kappa shape index (κ3) is 1.72. The van der Waals surface area contributed by atoms with Crippen LogP contribution in [0.3, 0.4) is 0 Å². The predicted octanol–water partition coefficient (Wildman–Crippen LogP) is 4.00. The second-order valence-electron chi connectivity index (χ2n) is 6.77. The van der Waals surface area contributed by atoms with Crippen LogP contribution in [0.25, 0.3) is 0 Å². The van der Waals surface area contributed by atoms with E-state index in [0.717, 1.165) is 23.7 Å². The molecular formula is C17H23N. The second-order valence-corrected chi connectivity index (χ2v) is 6.77. The van der Waals surface area contributed by atoms with E-state index in [1.165, 1.54) is 44.1 Å². The molecule has 3 atom stereocenters. The van der Waals surface area contributed by atoms with E-state index in [4.69, 9.17) is 5.73 Å². The molecule has 3 aliphatic carbocycles. The summed E-state index contributed by atoms with van der Waals surface area (Å²) in [5.41, 5.74) is 9.63. The van der Waals surface area contributed by atoms with E-state index in [9.17, 15) is 0 Å². The minimum atomic E-state index is 0.301. The van der Waals surface area contributed by atoms with Gasteiger partial charge in [0.05, 0.1) is 0 Å². The molecule has 0 amide bonds. The van der Waals surface area contributed by atoms with Crippen LogP contribution in [0.5, 0.6) is 0 Å². The molecule has 0 bridgehead atoms. The van der Waals surface area contributed by atoms with Gasteiger partial charge in [-0.1, -0.05) is 30.7 Å². The van der Waals surface area contributed by atoms with Gasteiger partial charge in [-0.15, -0.1) is 0 Å². The maximum absolute atomic E-state index is 6.60. The Morgan fingerprint density at radius 1 is 1.00 bits per heavy atom. The minimum absolute atomic E-state index is 0.301. The van der Waals surface area contributed by atoms with Crippen LogP contribution in [-0.4, -0.2) is 0 Å². The Bertz CT molecular complexity index is 439. The Hall–Kier alpha value is -0.820. The van der Waals surface area contributed by atoms with Gasteiger partial charge in [-0.2, -0.15) is 0 Å². The number of benzene rings is 1. The third-order valence-electron chi connectivity index (χ3n) is 5.69. The van der Waals surface area contributed by atoms with Crippen LogP contribution in [-0.2, 0) is 0 Å². The lowest BCUT2D eigenvalue weighted by atomic mass is 9.75. The molecule has 1 nitrogen and oxygen atoms in total. The van der Waals surface area contributed by atoms with Crippen molar-refractivity contribution in [1.82, 2.24) is 0 Å². The first-order valence-electron chi connectivity index (χ1n) is 7.67. The van der Waals surface area contributed by atoms with Gasteiger partial charge in [0.1, 0.15) is 0 Å². The van der Waals surface area contributed by atoms with E-state index in [1.807, 2.05) is 0 Å². The largest absolute Gasteiger partial charge is 0.324 e. The van der Waals surface area contributed by atoms with E-state index in [1.54, 1.807) is 5.56 Å². The van der Waals surface area contributed by atoms with Gasteiger partial charge in [-0.3, -0.25) is 0 Å². The first-order valence-corrected chi connectivity index (χ1v) is 7.67. The smallest absolute Gasteiger partial charge is 0.0326 e. The lowest BCUT2D eigenvalue weighted by molar-refractivity contribution is 0.383. The van der Waals surface area contributed by atoms with E-state index in [2.05, 4.69) is 24.3 Å². The van der Waals surface area contributed by atoms with Crippen LogP contribution in [0.15, 0.2) is 24.3 Å². The molecule has 18 heavy (non-hydrogen) atoms. The van der Waals surface area contributed by atoms with Gasteiger partial charge in [-0.05, 0) is 66.9 Å². The van der Waals surface area contributed by atoms with Crippen molar-refractivity contribution >= 4 is 0 Å². The van der Waals surface area contributed by atoms with Crippen LogP contribution in [0, 0.1) is 17.8 Å². The molecule has 1 aromatic carbocycles. The highest BCUT2D eigenvalue weighted by atomic mass is 14.7. The molecule has 3 fully saturated rings. The Morgan fingerprint density at radius 2 is 1.72 bits per heavy atom. The molecule has 0 saturated heterocycles. The number of hydrogen-bond donors (Lipinski definition) is 1. The maximum Gasteiger partial charge on any atom is 0.0326 e. The lowest BCUT2D eigenvalue weighted by Gasteiger charge is -2.31. The van der Waals surface area contributed by atoms with Gasteiger partial charge < -0.3 is 5.73 Å². The number of nitrogens with two attached hydrogens (primary N) is 1. The molecule has 3 aliphatic rings. The second kappa shape index (κ2) is 4.09. The molecule has 2 N–H and O–H groups in total. The highest BCUT2D eigenvalue weighted by molar-refractivity contribution is 5.34. The monoisotopic (exact) mass is 241 g/mol. The molecule has 96 valence electrons. The van der Waals surface area contributed by atoms with Crippen molar-refractivity contribution in [3.8, 4) is 0 Å². The molecule has 0 aliphatic heterocycles. The fraction of sp³-hybridized carbons (Fsp3) is 0.647. The third-order valence-corrected chi connectivity index (χ3v) is 5.69. The summed E-state index contributed by atoms with van der Waals surface area (Å²) < 4.78 is 0. The normalized spacial score (nSPS) is 35.9. The van der Waals surface area contributed by atoms with E-state index < -0.39 is 0 Å². The Labute approximate surface area is 110 Å². The zero-order valence-corrected chi connectivity index (χ0v) is 11.0. The summed E-state index contributed by atoms with van der Waals surface area (Å²) in [6, 6.07) is 9.29. The summed E-state index contributed by atoms with van der Waals surface area (Å²) in [7, 11) is 0. The van der Waals surface area contributed by atoms with Crippen molar-refractivity contribution in [2.45, 2.75) is 50.5 Å². The average molecular weight is 241 g/mol. The van der Waals surface area contributed by atoms with Crippen molar-refractivity contribution in [2.24, 2.45) is 23.5 Å². The molecule has 0 radical (unpaired) electrons. The summed E-state index contributed by atoms with van der Waals surface area (Å²) in [6.07, 6.45) is 8.43. The summed E-state index contributed by atoms with van der Waals surface area (Å²) in [4.78, 5) is 0. The molecule has 0 aromatic heterocycles. The zero-order chi connectivity index (χ0) is 12.1. The molecule has 4 rings (SSSR count). The molecular weight excluding hydrogens is 218 g/mol. The average Bonchev–Trinajstić information content (AvgIpc) is 2.94. The quantitative estimate of drug-likeness (QED) is 0.850. The molecule has 0 spiro atoms. The Kier molecular flexibility index (Phi) is 2.51. The van der Waals surface area contributed by atoms with Crippen LogP contribution in [0.2, 0.25) is 0 Å².